The Labute approximate surface area is 106 Å². The van der Waals surface area contributed by atoms with Gasteiger partial charge in [-0.2, -0.15) is 0 Å². The van der Waals surface area contributed by atoms with Crippen molar-refractivity contribution in [1.29, 1.82) is 0 Å². The van der Waals surface area contributed by atoms with Gasteiger partial charge in [0.2, 0.25) is 0 Å². The minimum Gasteiger partial charge on any atom is -0.380 e. The van der Waals surface area contributed by atoms with E-state index in [0.29, 0.717) is 24.2 Å². The average Bonchev–Trinajstić information content (AvgIpc) is 2.34. The fourth-order valence-electron chi connectivity index (χ4n) is 3.39. The number of nitrogens with zero attached hydrogens (tertiary/aromatic N) is 1. The molecule has 0 aromatic carbocycles. The fraction of sp³-hybridized carbons (Fsp3) is 1.00. The summed E-state index contributed by atoms with van der Waals surface area (Å²) in [6.45, 7) is 4.68. The maximum absolute atomic E-state index is 5.63. The van der Waals surface area contributed by atoms with Crippen molar-refractivity contribution in [3.8, 4) is 0 Å². The van der Waals surface area contributed by atoms with Crippen LogP contribution in [0.2, 0.25) is 0 Å². The third-order valence-electron chi connectivity index (χ3n) is 4.51. The highest BCUT2D eigenvalue weighted by atomic mass is 16.5. The van der Waals surface area contributed by atoms with Crippen LogP contribution in [0.15, 0.2) is 0 Å². The Morgan fingerprint density at radius 2 is 1.59 bits per heavy atom. The minimum absolute atomic E-state index is 0.407. The van der Waals surface area contributed by atoms with E-state index in [9.17, 15) is 0 Å². The van der Waals surface area contributed by atoms with E-state index in [1.54, 1.807) is 0 Å². The maximum atomic E-state index is 5.63. The summed E-state index contributed by atoms with van der Waals surface area (Å²) in [7, 11) is 1.85. The predicted molar refractivity (Wildman–Crippen MR) is 70.8 cm³/mol. The Hall–Kier alpha value is -0.120. The Kier molecular flexibility index (Phi) is 4.83. The normalized spacial score (nSPS) is 40.4. The van der Waals surface area contributed by atoms with Gasteiger partial charge in [-0.1, -0.05) is 19.3 Å². The van der Waals surface area contributed by atoms with Crippen LogP contribution in [0.5, 0.6) is 0 Å². The molecule has 4 unspecified atom stereocenters. The van der Waals surface area contributed by atoms with Crippen molar-refractivity contribution in [2.75, 3.05) is 7.11 Å². The lowest BCUT2D eigenvalue weighted by molar-refractivity contribution is -0.0302. The highest BCUT2D eigenvalue weighted by Crippen LogP contribution is 2.25. The predicted octanol–water partition coefficient (Wildman–Crippen LogP) is 2.71. The van der Waals surface area contributed by atoms with Gasteiger partial charge >= 0.3 is 0 Å². The number of methoxy groups -OCH3 is 1. The van der Waals surface area contributed by atoms with E-state index in [4.69, 9.17) is 4.74 Å². The highest BCUT2D eigenvalue weighted by Gasteiger charge is 2.31. The molecule has 0 bridgehead atoms. The zero-order valence-electron chi connectivity index (χ0n) is 11.6. The summed E-state index contributed by atoms with van der Waals surface area (Å²) in [5.41, 5.74) is 3.77. The van der Waals surface area contributed by atoms with Gasteiger partial charge in [0, 0.05) is 25.2 Å². The molecule has 2 rings (SSSR count). The summed E-state index contributed by atoms with van der Waals surface area (Å²) in [5, 5.41) is 2.49. The molecular weight excluding hydrogens is 212 g/mol. The van der Waals surface area contributed by atoms with Crippen LogP contribution in [0.3, 0.4) is 0 Å². The van der Waals surface area contributed by atoms with E-state index in [2.05, 4.69) is 24.3 Å². The van der Waals surface area contributed by atoms with Crippen molar-refractivity contribution >= 4 is 0 Å². The van der Waals surface area contributed by atoms with Gasteiger partial charge in [0.1, 0.15) is 0 Å². The molecule has 0 radical (unpaired) electrons. The molecule has 1 saturated carbocycles. The first-order valence-corrected chi connectivity index (χ1v) is 7.29. The van der Waals surface area contributed by atoms with Crippen molar-refractivity contribution < 1.29 is 4.74 Å². The zero-order valence-corrected chi connectivity index (χ0v) is 11.6. The molecule has 2 aliphatic rings. The SMILES string of the molecule is COC1CCCCC1NN1C(C)CCCC1C. The van der Waals surface area contributed by atoms with Crippen molar-refractivity contribution in [3.05, 3.63) is 0 Å². The van der Waals surface area contributed by atoms with Crippen LogP contribution in [0, 0.1) is 0 Å². The number of hydrogen-bond donors (Lipinski definition) is 1. The Morgan fingerprint density at radius 1 is 0.941 bits per heavy atom. The van der Waals surface area contributed by atoms with E-state index in [1.165, 1.54) is 44.9 Å². The first-order chi connectivity index (χ1) is 8.22. The van der Waals surface area contributed by atoms with Gasteiger partial charge in [-0.25, -0.2) is 10.4 Å². The molecule has 0 aromatic heterocycles. The minimum atomic E-state index is 0.407. The molecule has 4 atom stereocenters. The molecule has 1 saturated heterocycles. The van der Waals surface area contributed by atoms with E-state index >= 15 is 0 Å². The first-order valence-electron chi connectivity index (χ1n) is 7.29. The molecule has 1 heterocycles. The van der Waals surface area contributed by atoms with E-state index in [1.807, 2.05) is 7.11 Å². The third-order valence-corrected chi connectivity index (χ3v) is 4.51. The first kappa shape index (κ1) is 13.3. The van der Waals surface area contributed by atoms with E-state index < -0.39 is 0 Å². The lowest BCUT2D eigenvalue weighted by atomic mass is 9.92. The van der Waals surface area contributed by atoms with Crippen LogP contribution in [-0.2, 0) is 4.74 Å². The average molecular weight is 240 g/mol. The lowest BCUT2D eigenvalue weighted by Gasteiger charge is -2.43. The second-order valence-electron chi connectivity index (χ2n) is 5.83. The van der Waals surface area contributed by atoms with Crippen LogP contribution >= 0.6 is 0 Å². The maximum Gasteiger partial charge on any atom is 0.0737 e. The van der Waals surface area contributed by atoms with Gasteiger partial charge in [-0.3, -0.25) is 0 Å². The molecular formula is C14H28N2O. The van der Waals surface area contributed by atoms with Crippen LogP contribution in [0.25, 0.3) is 0 Å². The fourth-order valence-corrected chi connectivity index (χ4v) is 3.39. The zero-order chi connectivity index (χ0) is 12.3. The number of hydrazine groups is 1. The highest BCUT2D eigenvalue weighted by molar-refractivity contribution is 4.84. The number of ether oxygens (including phenoxy) is 1. The molecule has 0 aromatic rings. The second kappa shape index (κ2) is 6.17. The number of hydrogen-bond acceptors (Lipinski definition) is 3. The largest absolute Gasteiger partial charge is 0.380 e. The Morgan fingerprint density at radius 3 is 2.24 bits per heavy atom. The van der Waals surface area contributed by atoms with E-state index in [-0.39, 0.29) is 0 Å². The van der Waals surface area contributed by atoms with Gasteiger partial charge in [-0.05, 0) is 39.5 Å². The van der Waals surface area contributed by atoms with Gasteiger partial charge < -0.3 is 4.74 Å². The molecule has 2 fully saturated rings. The summed E-state index contributed by atoms with van der Waals surface area (Å²) in [5.74, 6) is 0. The van der Waals surface area contributed by atoms with Crippen LogP contribution in [0.4, 0.5) is 0 Å². The number of rotatable bonds is 3. The topological polar surface area (TPSA) is 24.5 Å². The summed E-state index contributed by atoms with van der Waals surface area (Å²) >= 11 is 0. The Bertz CT molecular complexity index is 224. The molecule has 17 heavy (non-hydrogen) atoms. The molecule has 100 valence electrons. The molecule has 1 aliphatic carbocycles. The van der Waals surface area contributed by atoms with E-state index in [0.717, 1.165) is 0 Å². The number of nitrogens with one attached hydrogen (secondary N) is 1. The molecule has 1 N–H and O–H groups in total. The monoisotopic (exact) mass is 240 g/mol. The standard InChI is InChI=1S/C14H28N2O/c1-11-7-6-8-12(2)16(11)15-13-9-4-5-10-14(13)17-3/h11-15H,4-10H2,1-3H3. The Balaban J connectivity index is 1.93. The summed E-state index contributed by atoms with van der Waals surface area (Å²) < 4.78 is 5.63. The summed E-state index contributed by atoms with van der Waals surface area (Å²) in [6, 6.07) is 1.85. The third kappa shape index (κ3) is 3.21. The smallest absolute Gasteiger partial charge is 0.0737 e. The molecule has 0 spiro atoms. The van der Waals surface area contributed by atoms with Crippen molar-refractivity contribution in [1.82, 2.24) is 10.4 Å². The van der Waals surface area contributed by atoms with Crippen LogP contribution in [0.1, 0.15) is 58.8 Å². The van der Waals surface area contributed by atoms with Crippen molar-refractivity contribution in [3.63, 3.8) is 0 Å². The van der Waals surface area contributed by atoms with Crippen molar-refractivity contribution in [2.45, 2.75) is 83.0 Å². The molecule has 0 amide bonds. The number of piperidine rings is 1. The summed E-state index contributed by atoms with van der Waals surface area (Å²) in [6.07, 6.45) is 9.56. The quantitative estimate of drug-likeness (QED) is 0.821. The van der Waals surface area contributed by atoms with Gasteiger partial charge in [-0.15, -0.1) is 0 Å². The molecule has 3 heteroatoms. The molecule has 3 nitrogen and oxygen atoms in total. The van der Waals surface area contributed by atoms with Gasteiger partial charge in [0.15, 0.2) is 0 Å². The van der Waals surface area contributed by atoms with Crippen LogP contribution < -0.4 is 5.43 Å². The van der Waals surface area contributed by atoms with Gasteiger partial charge in [0.05, 0.1) is 6.10 Å². The van der Waals surface area contributed by atoms with Crippen LogP contribution in [-0.4, -0.2) is 36.3 Å². The van der Waals surface area contributed by atoms with Crippen molar-refractivity contribution in [2.24, 2.45) is 0 Å². The van der Waals surface area contributed by atoms with Gasteiger partial charge in [0.25, 0.3) is 0 Å². The summed E-state index contributed by atoms with van der Waals surface area (Å²) in [4.78, 5) is 0. The second-order valence-corrected chi connectivity index (χ2v) is 5.83. The lowest BCUT2D eigenvalue weighted by Crippen LogP contribution is -2.58. The molecule has 1 aliphatic heterocycles.